The molecule has 1 saturated carbocycles. The number of thiophene rings is 1. The highest BCUT2D eigenvalue weighted by Crippen LogP contribution is 2.44. The molecule has 90 valence electrons. The van der Waals surface area contributed by atoms with E-state index in [1.807, 2.05) is 14.2 Å². The van der Waals surface area contributed by atoms with Crippen LogP contribution >= 0.6 is 27.3 Å². The molecule has 0 saturated heterocycles. The smallest absolute Gasteiger partial charge is 0.0873 e. The quantitative estimate of drug-likeness (QED) is 0.915. The predicted molar refractivity (Wildman–Crippen MR) is 72.0 cm³/mol. The van der Waals surface area contributed by atoms with Gasteiger partial charge >= 0.3 is 0 Å². The number of hydrogen-bond acceptors (Lipinski definition) is 3. The number of methoxy groups -OCH3 is 1. The number of likely N-dealkylation sites (N-methyl/N-ethyl adjacent to an activating group) is 1. The standard InChI is InChI=1S/C12H18BrNOS/c1-14-11(9-7-16-8-10(9)13)12(15-2)5-3-4-6-12/h7-8,11,14H,3-6H2,1-2H3. The second-order valence-electron chi connectivity index (χ2n) is 4.37. The van der Waals surface area contributed by atoms with Gasteiger partial charge in [0.25, 0.3) is 0 Å². The van der Waals surface area contributed by atoms with Crippen LogP contribution in [0.25, 0.3) is 0 Å². The van der Waals surface area contributed by atoms with E-state index >= 15 is 0 Å². The largest absolute Gasteiger partial charge is 0.376 e. The Morgan fingerprint density at radius 2 is 2.12 bits per heavy atom. The molecule has 1 atom stereocenters. The summed E-state index contributed by atoms with van der Waals surface area (Å²) in [6.07, 6.45) is 4.84. The normalized spacial score (nSPS) is 21.2. The fraction of sp³-hybridized carbons (Fsp3) is 0.667. The summed E-state index contributed by atoms with van der Waals surface area (Å²) in [5.41, 5.74) is 1.31. The van der Waals surface area contributed by atoms with E-state index in [2.05, 4.69) is 32.0 Å². The molecule has 1 aliphatic rings. The molecule has 16 heavy (non-hydrogen) atoms. The third-order valence-electron chi connectivity index (χ3n) is 3.62. The van der Waals surface area contributed by atoms with Gasteiger partial charge in [-0.1, -0.05) is 12.8 Å². The minimum Gasteiger partial charge on any atom is -0.376 e. The van der Waals surface area contributed by atoms with Gasteiger partial charge in [-0.2, -0.15) is 11.3 Å². The van der Waals surface area contributed by atoms with E-state index in [-0.39, 0.29) is 5.60 Å². The SMILES string of the molecule is CNC(c1cscc1Br)C1(OC)CCCC1. The van der Waals surface area contributed by atoms with E-state index in [0.717, 1.165) is 12.8 Å². The van der Waals surface area contributed by atoms with E-state index in [0.29, 0.717) is 6.04 Å². The molecule has 4 heteroatoms. The Balaban J connectivity index is 2.31. The Morgan fingerprint density at radius 3 is 2.56 bits per heavy atom. The molecule has 0 bridgehead atoms. The van der Waals surface area contributed by atoms with Gasteiger partial charge in [0.1, 0.15) is 0 Å². The highest BCUT2D eigenvalue weighted by molar-refractivity contribution is 9.10. The van der Waals surface area contributed by atoms with Crippen molar-refractivity contribution in [2.45, 2.75) is 37.3 Å². The maximum Gasteiger partial charge on any atom is 0.0873 e. The summed E-state index contributed by atoms with van der Waals surface area (Å²) in [7, 11) is 3.86. The van der Waals surface area contributed by atoms with Crippen LogP contribution in [-0.4, -0.2) is 19.8 Å². The van der Waals surface area contributed by atoms with Crippen molar-refractivity contribution in [2.24, 2.45) is 0 Å². The van der Waals surface area contributed by atoms with Crippen molar-refractivity contribution in [1.82, 2.24) is 5.32 Å². The first kappa shape index (κ1) is 12.6. The molecule has 2 rings (SSSR count). The number of halogens is 1. The lowest BCUT2D eigenvalue weighted by atomic mass is 9.88. The highest BCUT2D eigenvalue weighted by Gasteiger charge is 2.42. The van der Waals surface area contributed by atoms with Crippen molar-refractivity contribution in [3.63, 3.8) is 0 Å². The average Bonchev–Trinajstić information content (AvgIpc) is 2.91. The van der Waals surface area contributed by atoms with Crippen LogP contribution in [0, 0.1) is 0 Å². The molecule has 1 aromatic rings. The summed E-state index contributed by atoms with van der Waals surface area (Å²) in [6.45, 7) is 0. The van der Waals surface area contributed by atoms with Crippen LogP contribution in [0.1, 0.15) is 37.3 Å². The minimum atomic E-state index is -0.0155. The van der Waals surface area contributed by atoms with Gasteiger partial charge < -0.3 is 10.1 Å². The molecule has 1 fully saturated rings. The van der Waals surface area contributed by atoms with Gasteiger partial charge in [0.15, 0.2) is 0 Å². The summed E-state index contributed by atoms with van der Waals surface area (Å²) >= 11 is 5.36. The van der Waals surface area contributed by atoms with Gasteiger partial charge in [-0.3, -0.25) is 0 Å². The summed E-state index contributed by atoms with van der Waals surface area (Å²) in [5, 5.41) is 7.78. The van der Waals surface area contributed by atoms with Crippen LogP contribution in [0.2, 0.25) is 0 Å². The van der Waals surface area contributed by atoms with Crippen molar-refractivity contribution in [1.29, 1.82) is 0 Å². The number of nitrogens with one attached hydrogen (secondary N) is 1. The monoisotopic (exact) mass is 303 g/mol. The van der Waals surface area contributed by atoms with Crippen LogP contribution in [0.3, 0.4) is 0 Å². The molecule has 0 aromatic carbocycles. The Bertz CT molecular complexity index is 347. The van der Waals surface area contributed by atoms with Gasteiger partial charge in [-0.15, -0.1) is 0 Å². The van der Waals surface area contributed by atoms with Gasteiger partial charge in [0.2, 0.25) is 0 Å². The third-order valence-corrected chi connectivity index (χ3v) is 5.38. The van der Waals surface area contributed by atoms with Gasteiger partial charge in [0, 0.05) is 17.0 Å². The van der Waals surface area contributed by atoms with E-state index in [1.165, 1.54) is 22.9 Å². The number of rotatable bonds is 4. The topological polar surface area (TPSA) is 21.3 Å². The zero-order chi connectivity index (χ0) is 11.6. The molecule has 0 spiro atoms. The summed E-state index contributed by atoms with van der Waals surface area (Å²) in [6, 6.07) is 0.292. The zero-order valence-corrected chi connectivity index (χ0v) is 12.2. The van der Waals surface area contributed by atoms with E-state index in [1.54, 1.807) is 11.3 Å². The zero-order valence-electron chi connectivity index (χ0n) is 9.75. The Labute approximate surface area is 110 Å². The van der Waals surface area contributed by atoms with Gasteiger partial charge in [-0.25, -0.2) is 0 Å². The second kappa shape index (κ2) is 5.17. The molecule has 2 nitrogen and oxygen atoms in total. The lowest BCUT2D eigenvalue weighted by Gasteiger charge is -2.36. The van der Waals surface area contributed by atoms with Crippen LogP contribution < -0.4 is 5.32 Å². The molecule has 1 unspecified atom stereocenters. The lowest BCUT2D eigenvalue weighted by Crippen LogP contribution is -2.42. The van der Waals surface area contributed by atoms with Crippen LogP contribution in [0.15, 0.2) is 15.2 Å². The number of hydrogen-bond donors (Lipinski definition) is 1. The molecule has 1 aliphatic carbocycles. The first-order valence-electron chi connectivity index (χ1n) is 5.67. The average molecular weight is 304 g/mol. The van der Waals surface area contributed by atoms with Crippen LogP contribution in [-0.2, 0) is 4.74 Å². The maximum absolute atomic E-state index is 5.85. The Kier molecular flexibility index (Phi) is 4.06. The first-order valence-corrected chi connectivity index (χ1v) is 7.41. The van der Waals surface area contributed by atoms with Crippen LogP contribution in [0.5, 0.6) is 0 Å². The number of ether oxygens (including phenoxy) is 1. The first-order chi connectivity index (χ1) is 7.73. The lowest BCUT2D eigenvalue weighted by molar-refractivity contribution is -0.0349. The summed E-state index contributed by atoms with van der Waals surface area (Å²) in [4.78, 5) is 0. The Morgan fingerprint density at radius 1 is 1.44 bits per heavy atom. The van der Waals surface area contributed by atoms with Gasteiger partial charge in [-0.05, 0) is 46.8 Å². The molecule has 0 radical (unpaired) electrons. The predicted octanol–water partition coefficient (Wildman–Crippen LogP) is 3.73. The molecule has 1 aromatic heterocycles. The molecule has 1 heterocycles. The fourth-order valence-electron chi connectivity index (χ4n) is 2.78. The maximum atomic E-state index is 5.85. The van der Waals surface area contributed by atoms with Crippen LogP contribution in [0.4, 0.5) is 0 Å². The van der Waals surface area contributed by atoms with Crippen molar-refractivity contribution in [3.8, 4) is 0 Å². The molecule has 0 amide bonds. The Hall–Kier alpha value is 0.1000. The van der Waals surface area contributed by atoms with E-state index < -0.39 is 0 Å². The van der Waals surface area contributed by atoms with Crippen molar-refractivity contribution < 1.29 is 4.74 Å². The van der Waals surface area contributed by atoms with Crippen molar-refractivity contribution in [3.05, 3.63) is 20.8 Å². The molecule has 0 aliphatic heterocycles. The summed E-state index contributed by atoms with van der Waals surface area (Å²) in [5.74, 6) is 0. The minimum absolute atomic E-state index is 0.0155. The fourth-order valence-corrected chi connectivity index (χ4v) is 4.34. The molecular weight excluding hydrogens is 286 g/mol. The molecular formula is C12H18BrNOS. The van der Waals surface area contributed by atoms with Gasteiger partial charge in [0.05, 0.1) is 11.6 Å². The van der Waals surface area contributed by atoms with E-state index in [4.69, 9.17) is 4.74 Å². The third kappa shape index (κ3) is 2.08. The van der Waals surface area contributed by atoms with Crippen molar-refractivity contribution >= 4 is 27.3 Å². The van der Waals surface area contributed by atoms with Crippen molar-refractivity contribution in [2.75, 3.05) is 14.2 Å². The highest BCUT2D eigenvalue weighted by atomic mass is 79.9. The van der Waals surface area contributed by atoms with E-state index in [9.17, 15) is 0 Å². The molecule has 1 N–H and O–H groups in total. The second-order valence-corrected chi connectivity index (χ2v) is 5.97. The summed E-state index contributed by atoms with van der Waals surface area (Å²) < 4.78 is 7.05.